The van der Waals surface area contributed by atoms with Crippen molar-refractivity contribution < 1.29 is 13.8 Å². The van der Waals surface area contributed by atoms with E-state index in [2.05, 4.69) is 15.9 Å². The van der Waals surface area contributed by atoms with Crippen LogP contribution in [-0.4, -0.2) is 25.9 Å². The van der Waals surface area contributed by atoms with Gasteiger partial charge in [0.15, 0.2) is 5.11 Å². The summed E-state index contributed by atoms with van der Waals surface area (Å²) in [5, 5.41) is 6.10. The maximum atomic E-state index is 5.36. The fraction of sp³-hybridized carbons (Fsp3) is 0.364. The summed E-state index contributed by atoms with van der Waals surface area (Å²) >= 11 is 10.3. The van der Waals surface area contributed by atoms with Crippen molar-refractivity contribution in [3.05, 3.63) is 24.3 Å². The molecule has 112 valence electrons. The number of hydrazine groups is 1. The molecule has 0 aliphatic heterocycles. The van der Waals surface area contributed by atoms with Crippen LogP contribution in [0.3, 0.4) is 0 Å². The van der Waals surface area contributed by atoms with E-state index >= 15 is 0 Å². The number of nitrogens with one attached hydrogen (secondary N) is 3. The molecule has 0 unspecified atom stereocenters. The Hall–Kier alpha value is -0.760. The molecule has 0 atom stereocenters. The van der Waals surface area contributed by atoms with Gasteiger partial charge in [0.05, 0.1) is 6.61 Å². The predicted octanol–water partition coefficient (Wildman–Crippen LogP) is 2.39. The van der Waals surface area contributed by atoms with Crippen LogP contribution in [0.25, 0.3) is 0 Å². The first-order valence-corrected chi connectivity index (χ1v) is 8.86. The summed E-state index contributed by atoms with van der Waals surface area (Å²) in [6.07, 6.45) is 0. The lowest BCUT2D eigenvalue weighted by atomic mass is 10.3. The molecule has 1 rings (SSSR count). The molecule has 20 heavy (non-hydrogen) atoms. The summed E-state index contributed by atoms with van der Waals surface area (Å²) in [4.78, 5) is 0. The van der Waals surface area contributed by atoms with E-state index in [0.717, 1.165) is 11.4 Å². The van der Waals surface area contributed by atoms with Crippen molar-refractivity contribution >= 4 is 41.5 Å². The summed E-state index contributed by atoms with van der Waals surface area (Å²) in [5.41, 5.74) is 3.58. The van der Waals surface area contributed by atoms with Gasteiger partial charge in [-0.25, -0.2) is 0 Å². The molecular formula is C11H18N3O3PS2. The molecule has 0 radical (unpaired) electrons. The van der Waals surface area contributed by atoms with Crippen molar-refractivity contribution in [2.45, 2.75) is 6.92 Å². The first-order chi connectivity index (χ1) is 9.53. The highest BCUT2D eigenvalue weighted by Crippen LogP contribution is 2.40. The number of thiocarbonyl (C=S) groups is 1. The van der Waals surface area contributed by atoms with Gasteiger partial charge in [0, 0.05) is 19.9 Å². The normalized spacial score (nSPS) is 10.9. The van der Waals surface area contributed by atoms with Crippen molar-refractivity contribution in [2.24, 2.45) is 0 Å². The van der Waals surface area contributed by atoms with Crippen molar-refractivity contribution in [1.82, 2.24) is 10.6 Å². The van der Waals surface area contributed by atoms with Crippen LogP contribution in [0.1, 0.15) is 6.92 Å². The quantitative estimate of drug-likeness (QED) is 0.399. The van der Waals surface area contributed by atoms with Crippen LogP contribution in [0.5, 0.6) is 5.75 Å². The molecule has 0 aromatic heterocycles. The maximum absolute atomic E-state index is 5.36. The monoisotopic (exact) mass is 335 g/mol. The average Bonchev–Trinajstić information content (AvgIpc) is 2.47. The van der Waals surface area contributed by atoms with Crippen LogP contribution in [-0.2, 0) is 20.9 Å². The van der Waals surface area contributed by atoms with Crippen molar-refractivity contribution in [3.63, 3.8) is 0 Å². The van der Waals surface area contributed by atoms with Crippen LogP contribution in [0.15, 0.2) is 24.3 Å². The molecule has 0 heterocycles. The number of benzene rings is 1. The standard InChI is InChI=1S/C11H18N3O3PS2/c1-4-17-10-7-5-9(6-8-10)12-11(19)13-14-18(20,15-2)16-3/h5-8H,4H2,1-3H3,(H,14,20)(H2,12,13,19). The molecule has 1 aromatic carbocycles. The van der Waals surface area contributed by atoms with E-state index < -0.39 is 6.64 Å². The molecule has 3 N–H and O–H groups in total. The maximum Gasteiger partial charge on any atom is 0.278 e. The summed E-state index contributed by atoms with van der Waals surface area (Å²) in [5.74, 6) is 0.810. The lowest BCUT2D eigenvalue weighted by molar-refractivity contribution is 0.324. The van der Waals surface area contributed by atoms with Crippen LogP contribution >= 0.6 is 18.9 Å². The molecule has 1 aromatic rings. The van der Waals surface area contributed by atoms with Crippen LogP contribution < -0.4 is 20.7 Å². The fourth-order valence-corrected chi connectivity index (χ4v) is 2.21. The van der Waals surface area contributed by atoms with Crippen molar-refractivity contribution in [1.29, 1.82) is 0 Å². The number of rotatable bonds is 7. The highest BCUT2D eigenvalue weighted by molar-refractivity contribution is 8.08. The second kappa shape index (κ2) is 8.51. The summed E-state index contributed by atoms with van der Waals surface area (Å²) in [7, 11) is 2.95. The van der Waals surface area contributed by atoms with Gasteiger partial charge in [0.2, 0.25) is 0 Å². The van der Waals surface area contributed by atoms with E-state index in [-0.39, 0.29) is 0 Å². The summed E-state index contributed by atoms with van der Waals surface area (Å²) in [6, 6.07) is 7.44. The number of hydrogen-bond acceptors (Lipinski definition) is 5. The lowest BCUT2D eigenvalue weighted by Crippen LogP contribution is -2.38. The molecule has 0 amide bonds. The number of ether oxygens (including phenoxy) is 1. The Morgan fingerprint density at radius 3 is 2.30 bits per heavy atom. The second-order valence-corrected chi connectivity index (χ2v) is 7.31. The Balaban J connectivity index is 2.48. The first-order valence-electron chi connectivity index (χ1n) is 5.81. The number of hydrogen-bond donors (Lipinski definition) is 3. The van der Waals surface area contributed by atoms with Gasteiger partial charge in [-0.05, 0) is 55.2 Å². The topological polar surface area (TPSA) is 63.8 Å². The van der Waals surface area contributed by atoms with Gasteiger partial charge < -0.3 is 19.1 Å². The fourth-order valence-electron chi connectivity index (χ4n) is 1.25. The van der Waals surface area contributed by atoms with Gasteiger partial charge >= 0.3 is 0 Å². The Bertz CT molecular complexity index is 476. The van der Waals surface area contributed by atoms with E-state index in [9.17, 15) is 0 Å². The molecule has 9 heteroatoms. The van der Waals surface area contributed by atoms with Crippen LogP contribution in [0.2, 0.25) is 0 Å². The Morgan fingerprint density at radius 1 is 1.20 bits per heavy atom. The minimum Gasteiger partial charge on any atom is -0.494 e. The minimum atomic E-state index is -2.53. The molecular weight excluding hydrogens is 317 g/mol. The third-order valence-electron chi connectivity index (χ3n) is 2.21. The van der Waals surface area contributed by atoms with Crippen LogP contribution in [0, 0.1) is 0 Å². The average molecular weight is 335 g/mol. The highest BCUT2D eigenvalue weighted by atomic mass is 32.5. The lowest BCUT2D eigenvalue weighted by Gasteiger charge is -2.20. The zero-order chi connectivity index (χ0) is 15.0. The molecule has 0 saturated carbocycles. The van der Waals surface area contributed by atoms with Crippen molar-refractivity contribution in [2.75, 3.05) is 26.1 Å². The van der Waals surface area contributed by atoms with Gasteiger partial charge in [-0.15, -0.1) is 0 Å². The Morgan fingerprint density at radius 2 is 1.80 bits per heavy atom. The van der Waals surface area contributed by atoms with E-state index in [1.165, 1.54) is 14.2 Å². The summed E-state index contributed by atoms with van der Waals surface area (Å²) in [6.45, 7) is 0.0395. The Labute approximate surface area is 129 Å². The van der Waals surface area contributed by atoms with Gasteiger partial charge in [-0.3, -0.25) is 5.43 Å². The zero-order valence-corrected chi connectivity index (χ0v) is 14.0. The van der Waals surface area contributed by atoms with E-state index in [4.69, 9.17) is 37.8 Å². The van der Waals surface area contributed by atoms with Crippen molar-refractivity contribution in [3.8, 4) is 5.75 Å². The summed E-state index contributed by atoms with van der Waals surface area (Å²) < 4.78 is 15.5. The van der Waals surface area contributed by atoms with Gasteiger partial charge in [-0.1, -0.05) is 0 Å². The molecule has 0 spiro atoms. The van der Waals surface area contributed by atoms with E-state index in [1.807, 2.05) is 31.2 Å². The smallest absolute Gasteiger partial charge is 0.278 e. The number of anilines is 1. The molecule has 0 aliphatic rings. The molecule has 0 bridgehead atoms. The molecule has 0 aliphatic carbocycles. The third-order valence-corrected chi connectivity index (χ3v) is 4.93. The third kappa shape index (κ3) is 5.70. The molecule has 0 fully saturated rings. The largest absolute Gasteiger partial charge is 0.494 e. The minimum absolute atomic E-state index is 0.359. The Kier molecular flexibility index (Phi) is 7.36. The van der Waals surface area contributed by atoms with Gasteiger partial charge in [0.1, 0.15) is 5.75 Å². The van der Waals surface area contributed by atoms with E-state index in [0.29, 0.717) is 11.7 Å². The molecule has 6 nitrogen and oxygen atoms in total. The zero-order valence-electron chi connectivity index (χ0n) is 11.5. The highest BCUT2D eigenvalue weighted by Gasteiger charge is 2.14. The SMILES string of the molecule is CCOc1ccc(NC(=S)NNP(=S)(OC)OC)cc1. The predicted molar refractivity (Wildman–Crippen MR) is 88.4 cm³/mol. The molecule has 0 saturated heterocycles. The van der Waals surface area contributed by atoms with Crippen LogP contribution in [0.4, 0.5) is 5.69 Å². The first kappa shape index (κ1) is 17.3. The van der Waals surface area contributed by atoms with E-state index in [1.54, 1.807) is 0 Å². The van der Waals surface area contributed by atoms with Gasteiger partial charge in [0.25, 0.3) is 6.64 Å². The second-order valence-electron chi connectivity index (χ2n) is 3.51. The van der Waals surface area contributed by atoms with Gasteiger partial charge in [-0.2, -0.15) is 5.20 Å².